The lowest BCUT2D eigenvalue weighted by atomic mass is 9.99. The number of amides is 1. The average Bonchev–Trinajstić information content (AvgIpc) is 2.40. The van der Waals surface area contributed by atoms with E-state index >= 15 is 0 Å². The van der Waals surface area contributed by atoms with Gasteiger partial charge in [0.2, 0.25) is 5.91 Å². The van der Waals surface area contributed by atoms with Crippen LogP contribution in [0.4, 0.5) is 0 Å². The fourth-order valence-electron chi connectivity index (χ4n) is 2.50. The van der Waals surface area contributed by atoms with Gasteiger partial charge in [0, 0.05) is 25.7 Å². The van der Waals surface area contributed by atoms with E-state index in [0.29, 0.717) is 18.4 Å². The van der Waals surface area contributed by atoms with E-state index in [0.717, 1.165) is 25.2 Å². The Bertz CT molecular complexity index is 389. The summed E-state index contributed by atoms with van der Waals surface area (Å²) in [6, 6.07) is 10.3. The number of hydrogen-bond acceptors (Lipinski definition) is 2. The third kappa shape index (κ3) is 3.10. The van der Waals surface area contributed by atoms with Gasteiger partial charge in [-0.1, -0.05) is 44.2 Å². The van der Waals surface area contributed by atoms with Gasteiger partial charge in [-0.15, -0.1) is 0 Å². The van der Waals surface area contributed by atoms with Crippen LogP contribution in [-0.2, 0) is 11.2 Å². The van der Waals surface area contributed by atoms with Crippen LogP contribution in [0, 0.1) is 5.92 Å². The minimum Gasteiger partial charge on any atom is -0.337 e. The van der Waals surface area contributed by atoms with Gasteiger partial charge >= 0.3 is 0 Å². The highest BCUT2D eigenvalue weighted by Crippen LogP contribution is 2.14. The van der Waals surface area contributed by atoms with Crippen LogP contribution in [0.25, 0.3) is 0 Å². The van der Waals surface area contributed by atoms with Crippen LogP contribution in [0.5, 0.6) is 0 Å². The second kappa shape index (κ2) is 6.01. The van der Waals surface area contributed by atoms with E-state index in [4.69, 9.17) is 0 Å². The molecule has 1 heterocycles. The van der Waals surface area contributed by atoms with Crippen LogP contribution in [0.1, 0.15) is 19.4 Å². The lowest BCUT2D eigenvalue weighted by Gasteiger charge is -2.38. The Hall–Kier alpha value is -1.35. The Kier molecular flexibility index (Phi) is 4.37. The molecule has 1 aromatic rings. The maximum atomic E-state index is 12.4. The molecule has 98 valence electrons. The van der Waals surface area contributed by atoms with E-state index in [1.165, 1.54) is 0 Å². The van der Waals surface area contributed by atoms with Crippen molar-refractivity contribution in [3.63, 3.8) is 0 Å². The SMILES string of the molecule is CC(C)C1CNCCN1C(=O)Cc1ccccc1. The molecule has 1 atom stereocenters. The first-order valence-corrected chi connectivity index (χ1v) is 6.72. The largest absolute Gasteiger partial charge is 0.337 e. The zero-order chi connectivity index (χ0) is 13.0. The summed E-state index contributed by atoms with van der Waals surface area (Å²) in [7, 11) is 0. The topological polar surface area (TPSA) is 32.3 Å². The molecule has 1 fully saturated rings. The molecule has 1 aliphatic heterocycles. The third-order valence-corrected chi connectivity index (χ3v) is 3.57. The van der Waals surface area contributed by atoms with Crippen LogP contribution in [-0.4, -0.2) is 36.5 Å². The molecule has 0 aliphatic carbocycles. The number of hydrogen-bond donors (Lipinski definition) is 1. The molecule has 2 rings (SSSR count). The Morgan fingerprint density at radius 2 is 2.11 bits per heavy atom. The minimum atomic E-state index is 0.251. The molecule has 1 saturated heterocycles. The number of nitrogens with zero attached hydrogens (tertiary/aromatic N) is 1. The molecule has 1 aromatic carbocycles. The van der Waals surface area contributed by atoms with Crippen molar-refractivity contribution in [2.24, 2.45) is 5.92 Å². The minimum absolute atomic E-state index is 0.251. The van der Waals surface area contributed by atoms with Gasteiger partial charge in [0.1, 0.15) is 0 Å². The van der Waals surface area contributed by atoms with Gasteiger partial charge < -0.3 is 10.2 Å². The van der Waals surface area contributed by atoms with Crippen LogP contribution >= 0.6 is 0 Å². The summed E-state index contributed by atoms with van der Waals surface area (Å²) in [5, 5.41) is 3.37. The predicted molar refractivity (Wildman–Crippen MR) is 73.4 cm³/mol. The second-order valence-corrected chi connectivity index (χ2v) is 5.26. The number of benzene rings is 1. The molecule has 1 N–H and O–H groups in total. The number of rotatable bonds is 3. The molecule has 1 aliphatic rings. The summed E-state index contributed by atoms with van der Waals surface area (Å²) in [5.74, 6) is 0.749. The highest BCUT2D eigenvalue weighted by molar-refractivity contribution is 5.79. The van der Waals surface area contributed by atoms with E-state index < -0.39 is 0 Å². The first-order chi connectivity index (χ1) is 8.68. The van der Waals surface area contributed by atoms with Crippen LogP contribution in [0.15, 0.2) is 30.3 Å². The number of piperazine rings is 1. The predicted octanol–water partition coefficient (Wildman–Crippen LogP) is 1.69. The molecule has 1 unspecified atom stereocenters. The monoisotopic (exact) mass is 246 g/mol. The molecule has 3 heteroatoms. The van der Waals surface area contributed by atoms with Crippen molar-refractivity contribution in [2.45, 2.75) is 26.3 Å². The summed E-state index contributed by atoms with van der Waals surface area (Å²) >= 11 is 0. The van der Waals surface area contributed by atoms with E-state index in [-0.39, 0.29) is 5.91 Å². The van der Waals surface area contributed by atoms with E-state index in [2.05, 4.69) is 19.2 Å². The summed E-state index contributed by atoms with van der Waals surface area (Å²) < 4.78 is 0. The van der Waals surface area contributed by atoms with Gasteiger partial charge in [-0.25, -0.2) is 0 Å². The van der Waals surface area contributed by atoms with E-state index in [1.807, 2.05) is 35.2 Å². The van der Waals surface area contributed by atoms with Crippen LogP contribution in [0.2, 0.25) is 0 Å². The highest BCUT2D eigenvalue weighted by atomic mass is 16.2. The van der Waals surface area contributed by atoms with Gasteiger partial charge in [-0.2, -0.15) is 0 Å². The van der Waals surface area contributed by atoms with Gasteiger partial charge in [0.25, 0.3) is 0 Å². The van der Waals surface area contributed by atoms with Crippen molar-refractivity contribution in [2.75, 3.05) is 19.6 Å². The quantitative estimate of drug-likeness (QED) is 0.880. The molecule has 0 saturated carbocycles. The van der Waals surface area contributed by atoms with E-state index in [1.54, 1.807) is 0 Å². The number of nitrogens with one attached hydrogen (secondary N) is 1. The van der Waals surface area contributed by atoms with Crippen molar-refractivity contribution in [3.8, 4) is 0 Å². The molecular weight excluding hydrogens is 224 g/mol. The molecule has 0 radical (unpaired) electrons. The molecule has 0 aromatic heterocycles. The van der Waals surface area contributed by atoms with Crippen molar-refractivity contribution in [3.05, 3.63) is 35.9 Å². The van der Waals surface area contributed by atoms with Gasteiger partial charge in [-0.3, -0.25) is 4.79 Å². The molecular formula is C15H22N2O. The smallest absolute Gasteiger partial charge is 0.227 e. The number of carbonyl (C=O) groups excluding carboxylic acids is 1. The second-order valence-electron chi connectivity index (χ2n) is 5.26. The lowest BCUT2D eigenvalue weighted by Crippen LogP contribution is -2.56. The average molecular weight is 246 g/mol. The van der Waals surface area contributed by atoms with Crippen molar-refractivity contribution in [1.82, 2.24) is 10.2 Å². The Balaban J connectivity index is 2.02. The highest BCUT2D eigenvalue weighted by Gasteiger charge is 2.28. The summed E-state index contributed by atoms with van der Waals surface area (Å²) in [5.41, 5.74) is 1.10. The van der Waals surface area contributed by atoms with Gasteiger partial charge in [0.15, 0.2) is 0 Å². The zero-order valence-electron chi connectivity index (χ0n) is 11.2. The fourth-order valence-corrected chi connectivity index (χ4v) is 2.50. The molecule has 1 amide bonds. The third-order valence-electron chi connectivity index (χ3n) is 3.57. The fraction of sp³-hybridized carbons (Fsp3) is 0.533. The van der Waals surface area contributed by atoms with Crippen molar-refractivity contribution >= 4 is 5.91 Å². The van der Waals surface area contributed by atoms with Gasteiger partial charge in [-0.05, 0) is 11.5 Å². The number of carbonyl (C=O) groups is 1. The first-order valence-electron chi connectivity index (χ1n) is 6.72. The standard InChI is InChI=1S/C15H22N2O/c1-12(2)14-11-16-8-9-17(14)15(18)10-13-6-4-3-5-7-13/h3-7,12,14,16H,8-11H2,1-2H3. The first kappa shape index (κ1) is 13.1. The Morgan fingerprint density at radius 3 is 2.78 bits per heavy atom. The lowest BCUT2D eigenvalue weighted by molar-refractivity contribution is -0.134. The Morgan fingerprint density at radius 1 is 1.39 bits per heavy atom. The normalized spacial score (nSPS) is 20.2. The summed E-state index contributed by atoms with van der Waals surface area (Å²) in [6.45, 7) is 7.01. The molecule has 3 nitrogen and oxygen atoms in total. The van der Waals surface area contributed by atoms with Gasteiger partial charge in [0.05, 0.1) is 6.42 Å². The maximum Gasteiger partial charge on any atom is 0.227 e. The summed E-state index contributed by atoms with van der Waals surface area (Å²) in [4.78, 5) is 14.4. The van der Waals surface area contributed by atoms with Crippen molar-refractivity contribution < 1.29 is 4.79 Å². The molecule has 18 heavy (non-hydrogen) atoms. The summed E-state index contributed by atoms with van der Waals surface area (Å²) in [6.07, 6.45) is 0.518. The molecule has 0 bridgehead atoms. The maximum absolute atomic E-state index is 12.4. The van der Waals surface area contributed by atoms with E-state index in [9.17, 15) is 4.79 Å². The Labute approximate surface area is 109 Å². The van der Waals surface area contributed by atoms with Crippen molar-refractivity contribution in [1.29, 1.82) is 0 Å². The van der Waals surface area contributed by atoms with Crippen LogP contribution in [0.3, 0.4) is 0 Å². The zero-order valence-corrected chi connectivity index (χ0v) is 11.2. The molecule has 0 spiro atoms. The van der Waals surface area contributed by atoms with Crippen LogP contribution < -0.4 is 5.32 Å².